The zero-order chi connectivity index (χ0) is 26.1. The van der Waals surface area contributed by atoms with E-state index >= 15 is 0 Å². The van der Waals surface area contributed by atoms with Crippen molar-refractivity contribution in [3.8, 4) is 0 Å². The third-order valence-electron chi connectivity index (χ3n) is 8.18. The normalized spacial score (nSPS) is 17.4. The highest BCUT2D eigenvalue weighted by molar-refractivity contribution is 6.31. The molecule has 38 heavy (non-hydrogen) atoms. The van der Waals surface area contributed by atoms with Crippen molar-refractivity contribution in [2.45, 2.75) is 57.5 Å². The van der Waals surface area contributed by atoms with Crippen molar-refractivity contribution in [3.63, 3.8) is 0 Å². The summed E-state index contributed by atoms with van der Waals surface area (Å²) in [5, 5.41) is 10.0. The van der Waals surface area contributed by atoms with Crippen LogP contribution in [0.4, 0.5) is 0 Å². The number of hydrogen-bond donors (Lipinski definition) is 0. The van der Waals surface area contributed by atoms with Crippen molar-refractivity contribution in [2.75, 3.05) is 26.2 Å². The maximum atomic E-state index is 13.5. The first kappa shape index (κ1) is 25.1. The molecule has 1 saturated heterocycles. The van der Waals surface area contributed by atoms with E-state index in [0.29, 0.717) is 40.9 Å². The van der Waals surface area contributed by atoms with Crippen molar-refractivity contribution >= 4 is 34.2 Å². The van der Waals surface area contributed by atoms with Gasteiger partial charge in [0.05, 0.1) is 17.4 Å². The smallest absolute Gasteiger partial charge is 0.263 e. The van der Waals surface area contributed by atoms with Gasteiger partial charge in [0.15, 0.2) is 0 Å². The van der Waals surface area contributed by atoms with Crippen molar-refractivity contribution in [1.82, 2.24) is 29.0 Å². The number of aryl methyl sites for hydroxylation is 1. The summed E-state index contributed by atoms with van der Waals surface area (Å²) in [6.07, 6.45) is 7.43. The molecule has 3 heterocycles. The van der Waals surface area contributed by atoms with E-state index in [1.165, 1.54) is 32.1 Å². The molecule has 0 radical (unpaired) electrons. The number of piperazine rings is 1. The van der Waals surface area contributed by atoms with E-state index in [1.807, 2.05) is 57.8 Å². The van der Waals surface area contributed by atoms with Crippen molar-refractivity contribution in [2.24, 2.45) is 0 Å². The number of amides is 1. The molecular formula is C29H33ClN6O2. The third kappa shape index (κ3) is 4.83. The summed E-state index contributed by atoms with van der Waals surface area (Å²) in [5.74, 6) is 1.29. The number of carbonyl (C=O) groups excluding carboxylic acids is 1. The number of rotatable bonds is 6. The standard InChI is InChI=1S/C29H33ClN6O2/c30-24-12-6-4-8-21(24)20-35-28(38)23-11-5-7-13-25(23)36-26(31-32-29(35)36)14-15-27(37)34-18-16-33(17-19-34)22-9-2-1-3-10-22/h4-8,11-13,22H,1-3,9-10,14-20H2. The molecular weight excluding hydrogens is 500 g/mol. The van der Waals surface area contributed by atoms with Gasteiger partial charge in [0.2, 0.25) is 11.7 Å². The predicted molar refractivity (Wildman–Crippen MR) is 149 cm³/mol. The van der Waals surface area contributed by atoms with Gasteiger partial charge in [-0.25, -0.2) is 0 Å². The second-order valence-corrected chi connectivity index (χ2v) is 10.9. The fourth-order valence-corrected chi connectivity index (χ4v) is 6.27. The fraction of sp³-hybridized carbons (Fsp3) is 0.448. The Bertz CT molecular complexity index is 1510. The number of aromatic nitrogens is 4. The van der Waals surface area contributed by atoms with Gasteiger partial charge in [-0.1, -0.05) is 61.2 Å². The van der Waals surface area contributed by atoms with Gasteiger partial charge in [-0.2, -0.15) is 0 Å². The van der Waals surface area contributed by atoms with E-state index in [2.05, 4.69) is 15.1 Å². The number of hydrogen-bond acceptors (Lipinski definition) is 5. The lowest BCUT2D eigenvalue weighted by molar-refractivity contribution is -0.133. The molecule has 1 aliphatic heterocycles. The quantitative estimate of drug-likeness (QED) is 0.373. The Labute approximate surface area is 226 Å². The van der Waals surface area contributed by atoms with Gasteiger partial charge in [-0.05, 0) is 36.6 Å². The lowest BCUT2D eigenvalue weighted by Crippen LogP contribution is -2.52. The van der Waals surface area contributed by atoms with Crippen LogP contribution in [0.15, 0.2) is 53.3 Å². The van der Waals surface area contributed by atoms with E-state index in [1.54, 1.807) is 4.57 Å². The van der Waals surface area contributed by atoms with Crippen molar-refractivity contribution in [1.29, 1.82) is 0 Å². The Kier molecular flexibility index (Phi) is 7.17. The summed E-state index contributed by atoms with van der Waals surface area (Å²) in [4.78, 5) is 31.2. The summed E-state index contributed by atoms with van der Waals surface area (Å²) in [6.45, 7) is 3.79. The minimum atomic E-state index is -0.140. The predicted octanol–water partition coefficient (Wildman–Crippen LogP) is 4.16. The molecule has 9 heteroatoms. The van der Waals surface area contributed by atoms with Gasteiger partial charge in [0.1, 0.15) is 5.82 Å². The molecule has 4 aromatic rings. The molecule has 6 rings (SSSR count). The van der Waals surface area contributed by atoms with Crippen LogP contribution in [0.3, 0.4) is 0 Å². The second-order valence-electron chi connectivity index (χ2n) is 10.5. The van der Waals surface area contributed by atoms with Crippen LogP contribution in [0, 0.1) is 0 Å². The van der Waals surface area contributed by atoms with Gasteiger partial charge in [0, 0.05) is 50.1 Å². The van der Waals surface area contributed by atoms with Gasteiger partial charge in [0.25, 0.3) is 5.56 Å². The number of para-hydroxylation sites is 1. The van der Waals surface area contributed by atoms with Gasteiger partial charge in [-0.3, -0.25) is 23.5 Å². The molecule has 0 unspecified atom stereocenters. The van der Waals surface area contributed by atoms with Crippen LogP contribution in [0.5, 0.6) is 0 Å². The molecule has 8 nitrogen and oxygen atoms in total. The first-order chi connectivity index (χ1) is 18.6. The Hall–Kier alpha value is -3.23. The highest BCUT2D eigenvalue weighted by Crippen LogP contribution is 2.24. The maximum Gasteiger partial charge on any atom is 0.263 e. The highest BCUT2D eigenvalue weighted by Gasteiger charge is 2.27. The number of carbonyl (C=O) groups is 1. The van der Waals surface area contributed by atoms with E-state index < -0.39 is 0 Å². The molecule has 1 amide bonds. The number of nitrogens with zero attached hydrogens (tertiary/aromatic N) is 6. The summed E-state index contributed by atoms with van der Waals surface area (Å²) < 4.78 is 3.54. The molecule has 2 aromatic carbocycles. The Morgan fingerprint density at radius 1 is 0.921 bits per heavy atom. The van der Waals surface area contributed by atoms with Crippen LogP contribution in [0.1, 0.15) is 49.9 Å². The molecule has 0 N–H and O–H groups in total. The fourth-order valence-electron chi connectivity index (χ4n) is 6.08. The first-order valence-electron chi connectivity index (χ1n) is 13.7. The highest BCUT2D eigenvalue weighted by atomic mass is 35.5. The zero-order valence-corrected chi connectivity index (χ0v) is 22.3. The van der Waals surface area contributed by atoms with E-state index in [0.717, 1.165) is 37.3 Å². The first-order valence-corrected chi connectivity index (χ1v) is 14.1. The number of benzene rings is 2. The molecule has 198 valence electrons. The van der Waals surface area contributed by atoms with E-state index in [-0.39, 0.29) is 18.0 Å². The molecule has 2 aliphatic rings. The maximum absolute atomic E-state index is 13.5. The third-order valence-corrected chi connectivity index (χ3v) is 8.55. The number of halogens is 1. The molecule has 2 aromatic heterocycles. The molecule has 0 spiro atoms. The van der Waals surface area contributed by atoms with Crippen LogP contribution in [0.2, 0.25) is 5.02 Å². The Balaban J connectivity index is 1.22. The SMILES string of the molecule is O=C(CCc1nnc2n(Cc3ccccc3Cl)c(=O)c3ccccc3n12)N1CCN(C2CCCCC2)CC1. The average molecular weight is 533 g/mol. The monoisotopic (exact) mass is 532 g/mol. The van der Waals surface area contributed by atoms with Gasteiger partial charge < -0.3 is 4.90 Å². The lowest BCUT2D eigenvalue weighted by Gasteiger charge is -2.40. The topological polar surface area (TPSA) is 75.7 Å². The largest absolute Gasteiger partial charge is 0.340 e. The molecule has 1 saturated carbocycles. The van der Waals surface area contributed by atoms with Crippen LogP contribution in [-0.2, 0) is 17.8 Å². The zero-order valence-electron chi connectivity index (χ0n) is 21.6. The van der Waals surface area contributed by atoms with E-state index in [4.69, 9.17) is 11.6 Å². The molecule has 0 bridgehead atoms. The van der Waals surface area contributed by atoms with Gasteiger partial charge >= 0.3 is 0 Å². The molecule has 1 aliphatic carbocycles. The van der Waals surface area contributed by atoms with Crippen molar-refractivity contribution in [3.05, 3.63) is 75.3 Å². The molecule has 2 fully saturated rings. The summed E-state index contributed by atoms with van der Waals surface area (Å²) in [5.41, 5.74) is 1.44. The summed E-state index contributed by atoms with van der Waals surface area (Å²) in [7, 11) is 0. The Morgan fingerprint density at radius 3 is 2.45 bits per heavy atom. The molecule has 0 atom stereocenters. The Morgan fingerprint density at radius 2 is 1.66 bits per heavy atom. The van der Waals surface area contributed by atoms with Crippen molar-refractivity contribution < 1.29 is 4.79 Å². The summed E-state index contributed by atoms with van der Waals surface area (Å²) in [6, 6.07) is 15.7. The summed E-state index contributed by atoms with van der Waals surface area (Å²) >= 11 is 6.41. The minimum absolute atomic E-state index is 0.140. The minimum Gasteiger partial charge on any atom is -0.340 e. The van der Waals surface area contributed by atoms with Crippen LogP contribution in [-0.4, -0.2) is 67.1 Å². The lowest BCUT2D eigenvalue weighted by atomic mass is 9.94. The second kappa shape index (κ2) is 10.9. The van der Waals surface area contributed by atoms with Gasteiger partial charge in [-0.15, -0.1) is 10.2 Å². The van der Waals surface area contributed by atoms with Crippen LogP contribution >= 0.6 is 11.6 Å². The van der Waals surface area contributed by atoms with Crippen LogP contribution in [0.25, 0.3) is 16.7 Å². The van der Waals surface area contributed by atoms with E-state index in [9.17, 15) is 9.59 Å². The number of fused-ring (bicyclic) bond motifs is 3. The average Bonchev–Trinajstić information content (AvgIpc) is 3.39. The van der Waals surface area contributed by atoms with Crippen LogP contribution < -0.4 is 5.56 Å².